The van der Waals surface area contributed by atoms with Crippen LogP contribution in [-0.4, -0.2) is 49.9 Å². The van der Waals surface area contributed by atoms with Crippen molar-refractivity contribution in [1.29, 1.82) is 0 Å². The van der Waals surface area contributed by atoms with Crippen LogP contribution in [0.2, 0.25) is 0 Å². The number of carbonyl (C=O) groups excluding carboxylic acids is 1. The fourth-order valence-corrected chi connectivity index (χ4v) is 1.35. The number of nitrogen functional groups attached to an aromatic ring is 1. The molecule has 1 aromatic carbocycles. The summed E-state index contributed by atoms with van der Waals surface area (Å²) in [6.07, 6.45) is 0. The Labute approximate surface area is 96.6 Å². The zero-order valence-electron chi connectivity index (χ0n) is 10.1. The van der Waals surface area contributed by atoms with Gasteiger partial charge in [-0.3, -0.25) is 4.79 Å². The van der Waals surface area contributed by atoms with E-state index in [1.807, 2.05) is 31.1 Å². The SMILES string of the molecule is CN(C)CCN(C)C(=O)c1ccccc1N. The van der Waals surface area contributed by atoms with Crippen LogP contribution in [0.1, 0.15) is 10.4 Å². The number of anilines is 1. The summed E-state index contributed by atoms with van der Waals surface area (Å²) in [5.41, 5.74) is 6.86. The van der Waals surface area contributed by atoms with Crippen LogP contribution in [0.3, 0.4) is 0 Å². The number of benzene rings is 1. The van der Waals surface area contributed by atoms with Gasteiger partial charge in [0.05, 0.1) is 5.56 Å². The van der Waals surface area contributed by atoms with Crippen molar-refractivity contribution in [1.82, 2.24) is 9.80 Å². The lowest BCUT2D eigenvalue weighted by Gasteiger charge is -2.20. The summed E-state index contributed by atoms with van der Waals surface area (Å²) in [6, 6.07) is 7.14. The van der Waals surface area contributed by atoms with E-state index >= 15 is 0 Å². The molecule has 0 heterocycles. The van der Waals surface area contributed by atoms with Gasteiger partial charge in [-0.25, -0.2) is 0 Å². The molecule has 0 saturated carbocycles. The largest absolute Gasteiger partial charge is 0.398 e. The quantitative estimate of drug-likeness (QED) is 0.769. The highest BCUT2D eigenvalue weighted by atomic mass is 16.2. The maximum Gasteiger partial charge on any atom is 0.255 e. The van der Waals surface area contributed by atoms with Crippen LogP contribution < -0.4 is 5.73 Å². The monoisotopic (exact) mass is 221 g/mol. The van der Waals surface area contributed by atoms with Crippen LogP contribution in [-0.2, 0) is 0 Å². The van der Waals surface area contributed by atoms with Gasteiger partial charge in [0.15, 0.2) is 0 Å². The zero-order chi connectivity index (χ0) is 12.1. The molecule has 0 aliphatic heterocycles. The summed E-state index contributed by atoms with van der Waals surface area (Å²) in [7, 11) is 5.75. The van der Waals surface area contributed by atoms with Gasteiger partial charge in [-0.15, -0.1) is 0 Å². The molecule has 4 nitrogen and oxygen atoms in total. The molecule has 1 amide bonds. The summed E-state index contributed by atoms with van der Waals surface area (Å²) in [5, 5.41) is 0. The first-order valence-electron chi connectivity index (χ1n) is 5.27. The Balaban J connectivity index is 2.67. The number of hydrogen-bond acceptors (Lipinski definition) is 3. The third kappa shape index (κ3) is 3.24. The van der Waals surface area contributed by atoms with E-state index in [1.54, 1.807) is 24.1 Å². The molecular formula is C12H19N3O. The lowest BCUT2D eigenvalue weighted by Crippen LogP contribution is -2.33. The molecule has 0 radical (unpaired) electrons. The highest BCUT2D eigenvalue weighted by molar-refractivity contribution is 5.98. The van der Waals surface area contributed by atoms with Crippen molar-refractivity contribution in [2.45, 2.75) is 0 Å². The Kier molecular flexibility index (Phi) is 4.31. The summed E-state index contributed by atoms with van der Waals surface area (Å²) in [5.74, 6) is -0.0278. The number of nitrogens with zero attached hydrogens (tertiary/aromatic N) is 2. The summed E-state index contributed by atoms with van der Waals surface area (Å²) in [6.45, 7) is 1.54. The Morgan fingerprint density at radius 2 is 1.81 bits per heavy atom. The lowest BCUT2D eigenvalue weighted by molar-refractivity contribution is 0.0787. The molecule has 0 bridgehead atoms. The Morgan fingerprint density at radius 1 is 1.19 bits per heavy atom. The van der Waals surface area contributed by atoms with E-state index in [9.17, 15) is 4.79 Å². The molecular weight excluding hydrogens is 202 g/mol. The predicted octanol–water partition coefficient (Wildman–Crippen LogP) is 0.902. The molecule has 0 spiro atoms. The number of likely N-dealkylation sites (N-methyl/N-ethyl adjacent to an activating group) is 2. The van der Waals surface area contributed by atoms with Crippen molar-refractivity contribution in [3.63, 3.8) is 0 Å². The minimum atomic E-state index is -0.0278. The van der Waals surface area contributed by atoms with Crippen molar-refractivity contribution in [2.75, 3.05) is 40.0 Å². The summed E-state index contributed by atoms with van der Waals surface area (Å²) < 4.78 is 0. The molecule has 0 fully saturated rings. The first kappa shape index (κ1) is 12.5. The standard InChI is InChI=1S/C12H19N3O/c1-14(2)8-9-15(3)12(16)10-6-4-5-7-11(10)13/h4-7H,8-9,13H2,1-3H3. The first-order chi connectivity index (χ1) is 7.52. The molecule has 0 aliphatic carbocycles. The fourth-order valence-electron chi connectivity index (χ4n) is 1.35. The van der Waals surface area contributed by atoms with E-state index in [-0.39, 0.29) is 5.91 Å². The number of carbonyl (C=O) groups is 1. The van der Waals surface area contributed by atoms with E-state index in [2.05, 4.69) is 0 Å². The van der Waals surface area contributed by atoms with Crippen molar-refractivity contribution in [2.24, 2.45) is 0 Å². The predicted molar refractivity (Wildman–Crippen MR) is 66.4 cm³/mol. The van der Waals surface area contributed by atoms with Crippen LogP contribution in [0.25, 0.3) is 0 Å². The third-order valence-corrected chi connectivity index (χ3v) is 2.42. The average molecular weight is 221 g/mol. The summed E-state index contributed by atoms with van der Waals surface area (Å²) in [4.78, 5) is 15.7. The second kappa shape index (κ2) is 5.51. The van der Waals surface area contributed by atoms with Gasteiger partial charge < -0.3 is 15.5 Å². The number of hydrogen-bond donors (Lipinski definition) is 1. The maximum atomic E-state index is 12.0. The van der Waals surface area contributed by atoms with Gasteiger partial charge >= 0.3 is 0 Å². The van der Waals surface area contributed by atoms with Crippen LogP contribution in [0.4, 0.5) is 5.69 Å². The minimum Gasteiger partial charge on any atom is -0.398 e. The van der Waals surface area contributed by atoms with Gasteiger partial charge in [0.2, 0.25) is 0 Å². The molecule has 0 aliphatic rings. The van der Waals surface area contributed by atoms with Gasteiger partial charge in [-0.1, -0.05) is 12.1 Å². The van der Waals surface area contributed by atoms with Crippen molar-refractivity contribution in [3.8, 4) is 0 Å². The van der Waals surface area contributed by atoms with Gasteiger partial charge in [-0.05, 0) is 26.2 Å². The van der Waals surface area contributed by atoms with Gasteiger partial charge in [0.1, 0.15) is 0 Å². The first-order valence-corrected chi connectivity index (χ1v) is 5.27. The molecule has 0 atom stereocenters. The molecule has 1 aromatic rings. The van der Waals surface area contributed by atoms with Crippen molar-refractivity contribution in [3.05, 3.63) is 29.8 Å². The summed E-state index contributed by atoms with van der Waals surface area (Å²) >= 11 is 0. The zero-order valence-corrected chi connectivity index (χ0v) is 10.1. The fraction of sp³-hybridized carbons (Fsp3) is 0.417. The number of nitrogens with two attached hydrogens (primary N) is 1. The molecule has 1 rings (SSSR count). The normalized spacial score (nSPS) is 10.5. The average Bonchev–Trinajstić information content (AvgIpc) is 2.25. The van der Waals surface area contributed by atoms with E-state index < -0.39 is 0 Å². The topological polar surface area (TPSA) is 49.6 Å². The molecule has 0 aromatic heterocycles. The number of rotatable bonds is 4. The second-order valence-electron chi connectivity index (χ2n) is 4.12. The third-order valence-electron chi connectivity index (χ3n) is 2.42. The van der Waals surface area contributed by atoms with Crippen LogP contribution in [0.15, 0.2) is 24.3 Å². The van der Waals surface area contributed by atoms with Gasteiger partial charge in [-0.2, -0.15) is 0 Å². The molecule has 2 N–H and O–H groups in total. The lowest BCUT2D eigenvalue weighted by atomic mass is 10.1. The Morgan fingerprint density at radius 3 is 2.38 bits per heavy atom. The molecule has 4 heteroatoms. The number of amides is 1. The van der Waals surface area contributed by atoms with Crippen LogP contribution in [0, 0.1) is 0 Å². The minimum absolute atomic E-state index is 0.0278. The maximum absolute atomic E-state index is 12.0. The van der Waals surface area contributed by atoms with Crippen LogP contribution >= 0.6 is 0 Å². The molecule has 88 valence electrons. The second-order valence-corrected chi connectivity index (χ2v) is 4.12. The van der Waals surface area contributed by atoms with E-state index in [1.165, 1.54) is 0 Å². The highest BCUT2D eigenvalue weighted by Gasteiger charge is 2.13. The van der Waals surface area contributed by atoms with E-state index in [0.717, 1.165) is 6.54 Å². The molecule has 16 heavy (non-hydrogen) atoms. The van der Waals surface area contributed by atoms with Crippen molar-refractivity contribution >= 4 is 11.6 Å². The van der Waals surface area contributed by atoms with Gasteiger partial charge in [0, 0.05) is 25.8 Å². The highest BCUT2D eigenvalue weighted by Crippen LogP contribution is 2.12. The van der Waals surface area contributed by atoms with Crippen LogP contribution in [0.5, 0.6) is 0 Å². The Bertz CT molecular complexity index is 363. The molecule has 0 unspecified atom stereocenters. The Hall–Kier alpha value is -1.55. The van der Waals surface area contributed by atoms with Gasteiger partial charge in [0.25, 0.3) is 5.91 Å². The molecule has 0 saturated heterocycles. The van der Waals surface area contributed by atoms with E-state index in [0.29, 0.717) is 17.8 Å². The van der Waals surface area contributed by atoms with E-state index in [4.69, 9.17) is 5.73 Å². The van der Waals surface area contributed by atoms with Crippen molar-refractivity contribution < 1.29 is 4.79 Å². The number of para-hydroxylation sites is 1. The smallest absolute Gasteiger partial charge is 0.255 e.